The van der Waals surface area contributed by atoms with Crippen molar-refractivity contribution in [3.8, 4) is 11.5 Å². The summed E-state index contributed by atoms with van der Waals surface area (Å²) < 4.78 is 14.0. The van der Waals surface area contributed by atoms with Gasteiger partial charge in [0.1, 0.15) is 0 Å². The van der Waals surface area contributed by atoms with Crippen molar-refractivity contribution in [1.29, 1.82) is 0 Å². The number of nitrogens with zero attached hydrogens (tertiary/aromatic N) is 2. The third-order valence-corrected chi connectivity index (χ3v) is 6.08. The molecule has 1 aliphatic carbocycles. The molecule has 0 aliphatic heterocycles. The maximum Gasteiger partial charge on any atom is 0.332 e. The Hall–Kier alpha value is -3.02. The van der Waals surface area contributed by atoms with Gasteiger partial charge >= 0.3 is 5.69 Å². The lowest BCUT2D eigenvalue weighted by Gasteiger charge is -2.25. The first-order valence-corrected chi connectivity index (χ1v) is 10.5. The number of fused-ring (bicyclic) bond motifs is 1. The molecule has 0 N–H and O–H groups in total. The second-order valence-corrected chi connectivity index (χ2v) is 8.05. The minimum atomic E-state index is -0.257. The van der Waals surface area contributed by atoms with Crippen LogP contribution in [0.3, 0.4) is 0 Å². The Labute approximate surface area is 175 Å². The highest BCUT2D eigenvalue weighted by atomic mass is 16.5. The topological polar surface area (TPSA) is 62.5 Å². The first-order valence-electron chi connectivity index (χ1n) is 10.5. The molecule has 4 rings (SSSR count). The number of aromatic nitrogens is 2. The van der Waals surface area contributed by atoms with Crippen molar-refractivity contribution in [2.45, 2.75) is 51.6 Å². The lowest BCUT2D eigenvalue weighted by Crippen LogP contribution is -2.43. The van der Waals surface area contributed by atoms with Gasteiger partial charge in [-0.15, -0.1) is 0 Å². The molecule has 2 aromatic carbocycles. The number of benzene rings is 2. The molecule has 1 aliphatic rings. The van der Waals surface area contributed by atoms with Crippen molar-refractivity contribution in [1.82, 2.24) is 9.13 Å². The van der Waals surface area contributed by atoms with E-state index in [2.05, 4.69) is 0 Å². The molecule has 6 nitrogen and oxygen atoms in total. The fourth-order valence-electron chi connectivity index (χ4n) is 4.40. The van der Waals surface area contributed by atoms with Gasteiger partial charge in [0.25, 0.3) is 5.56 Å². The van der Waals surface area contributed by atoms with E-state index in [1.807, 2.05) is 31.2 Å². The van der Waals surface area contributed by atoms with E-state index in [1.54, 1.807) is 30.9 Å². The normalized spacial score (nSPS) is 14.8. The van der Waals surface area contributed by atoms with Gasteiger partial charge in [0, 0.05) is 12.1 Å². The maximum atomic E-state index is 13.6. The summed E-state index contributed by atoms with van der Waals surface area (Å²) in [5.74, 6) is 0.981. The summed E-state index contributed by atoms with van der Waals surface area (Å²) in [7, 11) is 3.10. The molecule has 1 saturated carbocycles. The van der Waals surface area contributed by atoms with Gasteiger partial charge in [0.05, 0.1) is 31.7 Å². The second kappa shape index (κ2) is 8.38. The standard InChI is InChI=1S/C24H28N2O4/c1-16-9-11-17(12-10-16)15-25-20-14-22(30-3)21(29-2)13-19(20)23(27)26(24(25)28)18-7-5-4-6-8-18/h9-14,18H,4-8,15H2,1-3H3. The van der Waals surface area contributed by atoms with Gasteiger partial charge in [0.15, 0.2) is 11.5 Å². The van der Waals surface area contributed by atoms with E-state index in [-0.39, 0.29) is 17.3 Å². The van der Waals surface area contributed by atoms with Crippen LogP contribution >= 0.6 is 0 Å². The average molecular weight is 408 g/mol. The number of methoxy groups -OCH3 is 2. The molecule has 158 valence electrons. The first-order chi connectivity index (χ1) is 14.5. The van der Waals surface area contributed by atoms with Crippen molar-refractivity contribution in [3.05, 3.63) is 68.4 Å². The van der Waals surface area contributed by atoms with Gasteiger partial charge in [0.2, 0.25) is 0 Å². The average Bonchev–Trinajstić information content (AvgIpc) is 2.78. The number of ether oxygens (including phenoxy) is 2. The van der Waals surface area contributed by atoms with Gasteiger partial charge < -0.3 is 9.47 Å². The summed E-state index contributed by atoms with van der Waals surface area (Å²) in [4.78, 5) is 27.0. The van der Waals surface area contributed by atoms with Crippen LogP contribution < -0.4 is 20.7 Å². The van der Waals surface area contributed by atoms with E-state index in [9.17, 15) is 9.59 Å². The van der Waals surface area contributed by atoms with Crippen LogP contribution in [0.4, 0.5) is 0 Å². The van der Waals surface area contributed by atoms with Crippen molar-refractivity contribution in [2.75, 3.05) is 14.2 Å². The Bertz CT molecular complexity index is 1170. The Morgan fingerprint density at radius 2 is 1.57 bits per heavy atom. The first kappa shape index (κ1) is 20.3. The van der Waals surface area contributed by atoms with Crippen LogP contribution in [-0.2, 0) is 6.54 Å². The van der Waals surface area contributed by atoms with Gasteiger partial charge in [-0.2, -0.15) is 0 Å². The molecule has 1 fully saturated rings. The Morgan fingerprint density at radius 1 is 0.933 bits per heavy atom. The highest BCUT2D eigenvalue weighted by molar-refractivity contribution is 5.82. The highest BCUT2D eigenvalue weighted by Gasteiger charge is 2.23. The van der Waals surface area contributed by atoms with Crippen LogP contribution in [0.25, 0.3) is 10.9 Å². The fraction of sp³-hybridized carbons (Fsp3) is 0.417. The van der Waals surface area contributed by atoms with Crippen LogP contribution in [0, 0.1) is 6.92 Å². The summed E-state index contributed by atoms with van der Waals surface area (Å²) >= 11 is 0. The molecule has 0 unspecified atom stereocenters. The number of aryl methyl sites for hydroxylation is 1. The van der Waals surface area contributed by atoms with Crippen molar-refractivity contribution in [2.24, 2.45) is 0 Å². The van der Waals surface area contributed by atoms with Gasteiger partial charge in [-0.1, -0.05) is 49.1 Å². The molecular formula is C24H28N2O4. The Kier molecular flexibility index (Phi) is 5.66. The minimum absolute atomic E-state index is 0.0551. The van der Waals surface area contributed by atoms with E-state index in [4.69, 9.17) is 9.47 Å². The molecule has 3 aromatic rings. The van der Waals surface area contributed by atoms with E-state index in [0.29, 0.717) is 28.9 Å². The quantitative estimate of drug-likeness (QED) is 0.639. The van der Waals surface area contributed by atoms with Gasteiger partial charge in [-0.3, -0.25) is 13.9 Å². The smallest absolute Gasteiger partial charge is 0.332 e. The summed E-state index contributed by atoms with van der Waals surface area (Å²) in [5, 5.41) is 0.477. The SMILES string of the molecule is COc1cc2c(=O)n(C3CCCCC3)c(=O)n(Cc3ccc(C)cc3)c2cc1OC. The molecule has 0 bridgehead atoms. The van der Waals surface area contributed by atoms with Gasteiger partial charge in [-0.25, -0.2) is 4.79 Å². The van der Waals surface area contributed by atoms with E-state index in [0.717, 1.165) is 43.2 Å². The molecule has 6 heteroatoms. The fourth-order valence-corrected chi connectivity index (χ4v) is 4.40. The Morgan fingerprint density at radius 3 is 2.20 bits per heavy atom. The number of rotatable bonds is 5. The summed E-state index contributed by atoms with van der Waals surface area (Å²) in [6.07, 6.45) is 4.95. The zero-order valence-electron chi connectivity index (χ0n) is 17.8. The molecule has 1 heterocycles. The predicted molar refractivity (Wildman–Crippen MR) is 118 cm³/mol. The van der Waals surface area contributed by atoms with Crippen molar-refractivity contribution in [3.63, 3.8) is 0 Å². The van der Waals surface area contributed by atoms with Crippen LogP contribution in [-0.4, -0.2) is 23.4 Å². The molecule has 0 saturated heterocycles. The van der Waals surface area contributed by atoms with Crippen LogP contribution in [0.1, 0.15) is 49.3 Å². The van der Waals surface area contributed by atoms with Crippen molar-refractivity contribution >= 4 is 10.9 Å². The molecule has 0 atom stereocenters. The minimum Gasteiger partial charge on any atom is -0.493 e. The van der Waals surface area contributed by atoms with Crippen molar-refractivity contribution < 1.29 is 9.47 Å². The zero-order chi connectivity index (χ0) is 21.3. The molecule has 0 spiro atoms. The van der Waals surface area contributed by atoms with E-state index < -0.39 is 0 Å². The molecular weight excluding hydrogens is 380 g/mol. The summed E-state index contributed by atoms with van der Waals surface area (Å²) in [6, 6.07) is 11.5. The number of hydrogen-bond acceptors (Lipinski definition) is 4. The predicted octanol–water partition coefficient (Wildman–Crippen LogP) is 4.04. The molecule has 0 amide bonds. The number of hydrogen-bond donors (Lipinski definition) is 0. The lowest BCUT2D eigenvalue weighted by molar-refractivity contribution is 0.332. The Balaban J connectivity index is 1.99. The van der Waals surface area contributed by atoms with Gasteiger partial charge in [-0.05, 0) is 31.4 Å². The van der Waals surface area contributed by atoms with Crippen LogP contribution in [0.2, 0.25) is 0 Å². The third kappa shape index (κ3) is 3.62. The third-order valence-electron chi connectivity index (χ3n) is 6.08. The second-order valence-electron chi connectivity index (χ2n) is 8.05. The summed E-state index contributed by atoms with van der Waals surface area (Å²) in [5.41, 5.74) is 2.23. The largest absolute Gasteiger partial charge is 0.493 e. The van der Waals surface area contributed by atoms with Crippen LogP contribution in [0.5, 0.6) is 11.5 Å². The molecule has 30 heavy (non-hydrogen) atoms. The van der Waals surface area contributed by atoms with E-state index in [1.165, 1.54) is 4.57 Å². The molecule has 0 radical (unpaired) electrons. The lowest BCUT2D eigenvalue weighted by atomic mass is 9.95. The van der Waals surface area contributed by atoms with E-state index >= 15 is 0 Å². The molecule has 1 aromatic heterocycles. The maximum absolute atomic E-state index is 13.6. The summed E-state index contributed by atoms with van der Waals surface area (Å²) in [6.45, 7) is 2.42. The highest BCUT2D eigenvalue weighted by Crippen LogP contribution is 2.32. The monoisotopic (exact) mass is 408 g/mol. The van der Waals surface area contributed by atoms with Crippen LogP contribution in [0.15, 0.2) is 46.0 Å². The zero-order valence-corrected chi connectivity index (χ0v) is 17.8.